The van der Waals surface area contributed by atoms with E-state index in [1.165, 1.54) is 42.4 Å². The number of fused-ring (bicyclic) bond motifs is 1. The summed E-state index contributed by atoms with van der Waals surface area (Å²) in [6.07, 6.45) is 6.44. The number of ether oxygens (including phenoxy) is 1. The molecular weight excluding hydrogens is 891 g/mol. The van der Waals surface area contributed by atoms with Crippen LogP contribution in [0.4, 0.5) is 34.8 Å². The number of carbonyl (C=O) groups is 1. The van der Waals surface area contributed by atoms with Gasteiger partial charge in [-0.25, -0.2) is 27.5 Å². The number of piperidine rings is 2. The van der Waals surface area contributed by atoms with E-state index in [9.17, 15) is 31.3 Å². The number of alkyl halides is 4. The van der Waals surface area contributed by atoms with Crippen molar-refractivity contribution in [2.45, 2.75) is 100.0 Å². The zero-order valence-electron chi connectivity index (χ0n) is 37.5. The van der Waals surface area contributed by atoms with Crippen molar-refractivity contribution in [3.05, 3.63) is 101 Å². The fourth-order valence-electron chi connectivity index (χ4n) is 10.6. The maximum atomic E-state index is 15.6. The molecule has 19 heteroatoms. The highest BCUT2D eigenvalue weighted by atomic mass is 32.2. The van der Waals surface area contributed by atoms with Gasteiger partial charge in [0.05, 0.1) is 23.3 Å². The summed E-state index contributed by atoms with van der Waals surface area (Å²) in [5.74, 6) is 0.367. The Bertz CT molecular complexity index is 2730. The third-order valence-electron chi connectivity index (χ3n) is 14.3. The number of aromatic nitrogens is 3. The van der Waals surface area contributed by atoms with Crippen molar-refractivity contribution in [1.82, 2.24) is 29.5 Å². The molecule has 356 valence electrons. The van der Waals surface area contributed by atoms with Crippen LogP contribution >= 0.6 is 0 Å². The van der Waals surface area contributed by atoms with Gasteiger partial charge < -0.3 is 19.9 Å². The molecule has 3 saturated heterocycles. The lowest BCUT2D eigenvalue weighted by atomic mass is 9.60. The van der Waals surface area contributed by atoms with Crippen LogP contribution in [-0.4, -0.2) is 103 Å². The standard InChI is InChI=1S/C48H55F4N9O5S/c1-31(2)36-6-3-4-7-37(36)41-8-5-17-61(41)33-25-46(26-33)12-20-60(21-13-46)43-24-42(66-34-22-32-11-16-53-44(32)55-27-34)38(28-54-43)45(62)58-67(64,65)35-9-10-39(40(23-35)57-63)56-29-47(49)14-18-59(19-15-47)30-48(50,51)52/h3-4,6-7,9-11,16,22-24,27-28,31,33,41,56H,5,8,12-15,17-21,25-26,29-30H2,1-2H3,(H,53,55)(H,58,62). The number of nitroso groups, excluding NO2 is 1. The number of rotatable bonds is 14. The monoisotopic (exact) mass is 945 g/mol. The molecule has 3 N–H and O–H groups in total. The predicted molar refractivity (Wildman–Crippen MR) is 247 cm³/mol. The summed E-state index contributed by atoms with van der Waals surface area (Å²) in [6.45, 7) is 5.47. The van der Waals surface area contributed by atoms with Crippen LogP contribution in [0.5, 0.6) is 11.5 Å². The molecule has 1 saturated carbocycles. The van der Waals surface area contributed by atoms with Crippen molar-refractivity contribution in [2.24, 2.45) is 10.6 Å². The maximum absolute atomic E-state index is 15.6. The van der Waals surface area contributed by atoms with E-state index in [0.29, 0.717) is 35.2 Å². The number of anilines is 2. The van der Waals surface area contributed by atoms with Crippen LogP contribution in [-0.2, 0) is 10.0 Å². The van der Waals surface area contributed by atoms with Crippen LogP contribution < -0.4 is 19.7 Å². The van der Waals surface area contributed by atoms with E-state index in [1.807, 2.05) is 6.07 Å². The number of benzene rings is 2. The number of pyridine rings is 2. The number of hydrogen-bond donors (Lipinski definition) is 3. The van der Waals surface area contributed by atoms with Crippen LogP contribution in [0.2, 0.25) is 0 Å². The number of halogens is 4. The molecule has 14 nitrogen and oxygen atoms in total. The summed E-state index contributed by atoms with van der Waals surface area (Å²) >= 11 is 0. The van der Waals surface area contributed by atoms with Gasteiger partial charge in [-0.15, -0.1) is 4.91 Å². The van der Waals surface area contributed by atoms with Gasteiger partial charge >= 0.3 is 6.18 Å². The number of hydrogen-bond acceptors (Lipinski definition) is 12. The van der Waals surface area contributed by atoms with Crippen LogP contribution in [0.3, 0.4) is 0 Å². The Labute approximate surface area is 386 Å². The summed E-state index contributed by atoms with van der Waals surface area (Å²) in [5, 5.41) is 6.45. The molecule has 4 fully saturated rings. The van der Waals surface area contributed by atoms with E-state index in [-0.39, 0.29) is 60.6 Å². The number of nitrogens with one attached hydrogen (secondary N) is 3. The third-order valence-corrected chi connectivity index (χ3v) is 15.6. The van der Waals surface area contributed by atoms with Crippen LogP contribution in [0.1, 0.15) is 98.7 Å². The minimum atomic E-state index is -4.62. The van der Waals surface area contributed by atoms with Crippen molar-refractivity contribution in [2.75, 3.05) is 56.0 Å². The van der Waals surface area contributed by atoms with Gasteiger partial charge in [-0.1, -0.05) is 38.1 Å². The van der Waals surface area contributed by atoms with Crippen LogP contribution in [0, 0.1) is 10.3 Å². The fourth-order valence-corrected chi connectivity index (χ4v) is 11.6. The van der Waals surface area contributed by atoms with Crippen molar-refractivity contribution in [3.8, 4) is 11.5 Å². The first kappa shape index (κ1) is 46.5. The Balaban J connectivity index is 0.873. The Morgan fingerprint density at radius 1 is 0.970 bits per heavy atom. The topological polar surface area (TPSA) is 165 Å². The zero-order valence-corrected chi connectivity index (χ0v) is 38.3. The van der Waals surface area contributed by atoms with E-state index >= 15 is 4.39 Å². The molecule has 3 aliphatic heterocycles. The molecule has 1 amide bonds. The van der Waals surface area contributed by atoms with Crippen molar-refractivity contribution < 1.29 is 35.5 Å². The largest absolute Gasteiger partial charge is 0.455 e. The van der Waals surface area contributed by atoms with E-state index < -0.39 is 39.2 Å². The summed E-state index contributed by atoms with van der Waals surface area (Å²) in [5.41, 5.74) is 1.40. The molecule has 1 spiro atoms. The second kappa shape index (κ2) is 18.4. The molecule has 5 aromatic rings. The van der Waals surface area contributed by atoms with E-state index in [1.54, 1.807) is 18.3 Å². The van der Waals surface area contributed by atoms with Gasteiger partial charge in [0.2, 0.25) is 0 Å². The SMILES string of the molecule is CC(C)c1ccccc1C1CCCN1C1CC2(CCN(c3cc(Oc4cnc5[nH]ccc5c4)c(C(=O)NS(=O)(=O)c4ccc(NCC5(F)CCN(CC(F)(F)F)CC5)c(N=O)c4)cn3)CC2)C1. The number of amides is 1. The second-order valence-corrected chi connectivity index (χ2v) is 20.7. The zero-order chi connectivity index (χ0) is 47.1. The fraction of sp³-hybridized carbons (Fsp3) is 0.479. The maximum Gasteiger partial charge on any atom is 0.401 e. The van der Waals surface area contributed by atoms with Crippen molar-refractivity contribution in [3.63, 3.8) is 0 Å². The number of carbonyl (C=O) groups excluding carboxylic acids is 1. The highest BCUT2D eigenvalue weighted by Gasteiger charge is 2.50. The molecule has 1 atom stereocenters. The summed E-state index contributed by atoms with van der Waals surface area (Å²) < 4.78 is 89.8. The molecule has 2 aromatic carbocycles. The summed E-state index contributed by atoms with van der Waals surface area (Å²) in [4.78, 5) is 43.5. The van der Waals surface area contributed by atoms with Gasteiger partial charge in [-0.2, -0.15) is 13.2 Å². The molecule has 3 aromatic heterocycles. The smallest absolute Gasteiger partial charge is 0.401 e. The first-order valence-electron chi connectivity index (χ1n) is 23.0. The molecule has 9 rings (SSSR count). The van der Waals surface area contributed by atoms with Crippen molar-refractivity contribution in [1.29, 1.82) is 0 Å². The van der Waals surface area contributed by atoms with Gasteiger partial charge in [-0.05, 0) is 116 Å². The lowest BCUT2D eigenvalue weighted by Gasteiger charge is -2.56. The van der Waals surface area contributed by atoms with E-state index in [0.717, 1.165) is 67.7 Å². The average molecular weight is 946 g/mol. The normalized spacial score (nSPS) is 20.3. The number of sulfonamides is 1. The van der Waals surface area contributed by atoms with Crippen LogP contribution in [0.25, 0.3) is 11.0 Å². The molecule has 1 aliphatic carbocycles. The van der Waals surface area contributed by atoms with Gasteiger partial charge in [0.1, 0.15) is 39.9 Å². The number of aromatic amines is 1. The highest BCUT2D eigenvalue weighted by molar-refractivity contribution is 7.90. The second-order valence-electron chi connectivity index (χ2n) is 19.1. The summed E-state index contributed by atoms with van der Waals surface area (Å²) in [7, 11) is -4.62. The highest BCUT2D eigenvalue weighted by Crippen LogP contribution is 2.54. The van der Waals surface area contributed by atoms with Gasteiger partial charge in [0.15, 0.2) is 0 Å². The van der Waals surface area contributed by atoms with Gasteiger partial charge in [-0.3, -0.25) is 14.6 Å². The Morgan fingerprint density at radius 3 is 2.46 bits per heavy atom. The van der Waals surface area contributed by atoms with Gasteiger partial charge in [0, 0.05) is 68.7 Å². The first-order chi connectivity index (χ1) is 32.0. The average Bonchev–Trinajstić information content (AvgIpc) is 3.98. The molecule has 0 radical (unpaired) electrons. The molecule has 0 bridgehead atoms. The summed E-state index contributed by atoms with van der Waals surface area (Å²) in [6, 6.07) is 18.4. The third kappa shape index (κ3) is 10.1. The lowest BCUT2D eigenvalue weighted by molar-refractivity contribution is -0.150. The van der Waals surface area contributed by atoms with E-state index in [2.05, 4.69) is 78.1 Å². The number of H-pyrrole nitrogens is 1. The predicted octanol–water partition coefficient (Wildman–Crippen LogP) is 9.75. The van der Waals surface area contributed by atoms with Crippen molar-refractivity contribution >= 4 is 44.2 Å². The molecule has 67 heavy (non-hydrogen) atoms. The molecular formula is C48H55F4N9O5S. The quantitative estimate of drug-likeness (QED) is 0.0717. The first-order valence-corrected chi connectivity index (χ1v) is 24.4. The Hall–Kier alpha value is -5.66. The van der Waals surface area contributed by atoms with E-state index in [4.69, 9.17) is 4.74 Å². The molecule has 4 aliphatic rings. The van der Waals surface area contributed by atoms with Gasteiger partial charge in [0.25, 0.3) is 15.9 Å². The number of likely N-dealkylation sites (tertiary alicyclic amines) is 2. The lowest BCUT2D eigenvalue weighted by Crippen LogP contribution is -2.55. The van der Waals surface area contributed by atoms with Crippen LogP contribution in [0.15, 0.2) is 89.3 Å². The molecule has 6 heterocycles. The molecule has 1 unspecified atom stereocenters. The minimum absolute atomic E-state index is 0.0164. The minimum Gasteiger partial charge on any atom is -0.455 e. The Morgan fingerprint density at radius 2 is 1.73 bits per heavy atom. The Kier molecular flexibility index (Phi) is 12.8. The number of nitrogens with zero attached hydrogens (tertiary/aromatic N) is 6.